The summed E-state index contributed by atoms with van der Waals surface area (Å²) in [5, 5.41) is 2.98. The number of rotatable bonds is 12. The highest BCUT2D eigenvalue weighted by molar-refractivity contribution is 6.11. The number of benzene rings is 4. The van der Waals surface area contributed by atoms with Gasteiger partial charge in [-0.15, -0.1) is 4.73 Å². The summed E-state index contributed by atoms with van der Waals surface area (Å²) in [4.78, 5) is 49.9. The molecule has 1 N–H and O–H groups in total. The van der Waals surface area contributed by atoms with Crippen molar-refractivity contribution in [1.82, 2.24) is 59.2 Å². The van der Waals surface area contributed by atoms with Gasteiger partial charge in [0.05, 0.1) is 5.39 Å². The van der Waals surface area contributed by atoms with E-state index in [1.54, 1.807) is 4.73 Å². The fourth-order valence-electron chi connectivity index (χ4n) is 7.30. The number of hydrogen-bond acceptors (Lipinski definition) is 14. The molecule has 0 saturated heterocycles. The standard InChI is InChI=1S/C48H54N12O4/c1-26(56(5)6)61-37-25-36-38(40(63-28(3)58(9)10)39(37)62-27(2)57(7)8)46-52-42-31-20-14-16-22-33(31)44(50-42)55-48-35-24-18-17-23-34(35)47(60(48)64-29(4)59(11)12)54-43-32-21-15-13-19-30(32)41(49-43)51-45(36)53-46/h13-29H,1-12H3,(H,49,50,51,52,53,54,55). The van der Waals surface area contributed by atoms with E-state index >= 15 is 0 Å². The number of nitrogens with zero attached hydrogens (tertiary/aromatic N) is 11. The molecule has 8 bridgehead atoms. The van der Waals surface area contributed by atoms with Crippen molar-refractivity contribution < 1.29 is 19.0 Å². The summed E-state index contributed by atoms with van der Waals surface area (Å²) >= 11 is 0. The summed E-state index contributed by atoms with van der Waals surface area (Å²) in [6.45, 7) is 7.92. The Balaban J connectivity index is 1.49. The highest BCUT2D eigenvalue weighted by atomic mass is 16.7. The van der Waals surface area contributed by atoms with Crippen LogP contribution < -0.4 is 19.0 Å². The molecule has 9 rings (SSSR count). The minimum atomic E-state index is -0.396. The Labute approximate surface area is 372 Å². The normalized spacial score (nSPS) is 14.2. The minimum absolute atomic E-state index is 0.335. The number of aromatic nitrogens is 8. The molecule has 2 aliphatic heterocycles. The van der Waals surface area contributed by atoms with Crippen molar-refractivity contribution in [2.24, 2.45) is 0 Å². The molecule has 0 saturated carbocycles. The van der Waals surface area contributed by atoms with Crippen LogP contribution in [-0.4, -0.2) is 141 Å². The number of H-pyrrole nitrogens is 1. The van der Waals surface area contributed by atoms with Gasteiger partial charge in [0.25, 0.3) is 0 Å². The van der Waals surface area contributed by atoms with E-state index in [-0.39, 0.29) is 18.7 Å². The lowest BCUT2D eigenvalue weighted by molar-refractivity contribution is -0.0223. The average Bonchev–Trinajstić information content (AvgIpc) is 3.99. The zero-order valence-corrected chi connectivity index (χ0v) is 38.4. The van der Waals surface area contributed by atoms with Crippen molar-refractivity contribution >= 4 is 44.1 Å². The van der Waals surface area contributed by atoms with Crippen LogP contribution in [0, 0.1) is 0 Å². The molecule has 0 spiro atoms. The lowest BCUT2D eigenvalue weighted by Gasteiger charge is -2.29. The minimum Gasteiger partial charge on any atom is -0.471 e. The molecule has 330 valence electrons. The quantitative estimate of drug-likeness (QED) is 0.121. The van der Waals surface area contributed by atoms with Crippen molar-refractivity contribution in [3.8, 4) is 62.8 Å². The predicted molar refractivity (Wildman–Crippen MR) is 251 cm³/mol. The molecule has 64 heavy (non-hydrogen) atoms. The number of fused-ring (bicyclic) bond motifs is 20. The van der Waals surface area contributed by atoms with Crippen LogP contribution in [0.3, 0.4) is 0 Å². The molecule has 0 amide bonds. The SMILES string of the molecule is CC(Oc1cc2c3nc4nc(nc5c6ccccc6c(nc6nc(nc([nH]3)c2c(OC(C)N(C)C)c1OC(C)N(C)C)-c1ccccc1-6)n5OC(C)N(C)C)-c1ccccc1-4)N(C)C. The van der Waals surface area contributed by atoms with Crippen molar-refractivity contribution in [2.45, 2.75) is 52.6 Å². The van der Waals surface area contributed by atoms with E-state index in [0.29, 0.717) is 73.9 Å². The highest BCUT2D eigenvalue weighted by Crippen LogP contribution is 2.48. The van der Waals surface area contributed by atoms with Crippen LogP contribution in [0.25, 0.3) is 89.7 Å². The molecule has 3 aromatic heterocycles. The summed E-state index contributed by atoms with van der Waals surface area (Å²) in [5.74, 6) is 3.17. The van der Waals surface area contributed by atoms with Gasteiger partial charge in [-0.3, -0.25) is 19.6 Å². The Kier molecular flexibility index (Phi) is 11.2. The van der Waals surface area contributed by atoms with Gasteiger partial charge in [0, 0.05) is 38.4 Å². The summed E-state index contributed by atoms with van der Waals surface area (Å²) in [5.41, 5.74) is 5.23. The number of ether oxygens (including phenoxy) is 3. The van der Waals surface area contributed by atoms with Crippen molar-refractivity contribution in [2.75, 3.05) is 56.4 Å². The number of aromatic amines is 1. The van der Waals surface area contributed by atoms with E-state index in [4.69, 9.17) is 49.0 Å². The van der Waals surface area contributed by atoms with Crippen LogP contribution in [0.4, 0.5) is 0 Å². The van der Waals surface area contributed by atoms with E-state index in [9.17, 15) is 0 Å². The third kappa shape index (κ3) is 7.61. The Morgan fingerprint density at radius 3 is 1.33 bits per heavy atom. The zero-order valence-electron chi connectivity index (χ0n) is 38.4. The van der Waals surface area contributed by atoms with Crippen molar-refractivity contribution in [1.29, 1.82) is 0 Å². The van der Waals surface area contributed by atoms with Crippen LogP contribution in [0.1, 0.15) is 27.7 Å². The van der Waals surface area contributed by atoms with Gasteiger partial charge in [0.2, 0.25) is 5.75 Å². The second-order valence-electron chi connectivity index (χ2n) is 17.0. The summed E-state index contributed by atoms with van der Waals surface area (Å²) < 4.78 is 22.2. The molecular formula is C48H54N12O4. The van der Waals surface area contributed by atoms with Gasteiger partial charge < -0.3 is 24.0 Å². The fraction of sp³-hybridized carbons (Fsp3) is 0.333. The number of hydrogen-bond donors (Lipinski definition) is 1. The number of nitrogens with one attached hydrogen (secondary N) is 1. The molecule has 0 aliphatic carbocycles. The summed E-state index contributed by atoms with van der Waals surface area (Å²) in [6, 6.07) is 25.9. The summed E-state index contributed by atoms with van der Waals surface area (Å²) in [7, 11) is 15.7. The Morgan fingerprint density at radius 2 is 0.859 bits per heavy atom. The van der Waals surface area contributed by atoms with E-state index in [2.05, 4.69) is 4.98 Å². The molecule has 16 nitrogen and oxygen atoms in total. The van der Waals surface area contributed by atoms with Gasteiger partial charge in [-0.1, -0.05) is 72.8 Å². The first-order chi connectivity index (χ1) is 30.7. The van der Waals surface area contributed by atoms with E-state index < -0.39 is 6.23 Å². The van der Waals surface area contributed by atoms with Gasteiger partial charge >= 0.3 is 0 Å². The van der Waals surface area contributed by atoms with Crippen LogP contribution in [0.15, 0.2) is 78.9 Å². The van der Waals surface area contributed by atoms with Gasteiger partial charge in [-0.05, 0) is 90.1 Å². The highest BCUT2D eigenvalue weighted by Gasteiger charge is 2.30. The molecule has 2 aliphatic rings. The molecule has 7 aromatic rings. The zero-order chi connectivity index (χ0) is 45.1. The molecule has 0 fully saturated rings. The Hall–Kier alpha value is -6.72. The third-order valence-corrected chi connectivity index (χ3v) is 11.9. The lowest BCUT2D eigenvalue weighted by Crippen LogP contribution is -2.35. The average molecular weight is 863 g/mol. The first-order valence-corrected chi connectivity index (χ1v) is 21.3. The molecule has 5 heterocycles. The second-order valence-corrected chi connectivity index (χ2v) is 17.0. The summed E-state index contributed by atoms with van der Waals surface area (Å²) in [6.07, 6.45) is -1.45. The van der Waals surface area contributed by atoms with E-state index in [0.717, 1.165) is 33.0 Å². The first-order valence-electron chi connectivity index (χ1n) is 21.3. The molecule has 16 heteroatoms. The predicted octanol–water partition coefficient (Wildman–Crippen LogP) is 7.54. The van der Waals surface area contributed by atoms with E-state index in [1.807, 2.05) is 183 Å². The molecule has 4 aromatic carbocycles. The lowest BCUT2D eigenvalue weighted by atomic mass is 10.1. The first kappa shape index (κ1) is 42.6. The third-order valence-electron chi connectivity index (χ3n) is 11.9. The van der Waals surface area contributed by atoms with Crippen LogP contribution in [-0.2, 0) is 0 Å². The van der Waals surface area contributed by atoms with Gasteiger partial charge in [0.1, 0.15) is 30.0 Å². The van der Waals surface area contributed by atoms with Crippen LogP contribution in [0.5, 0.6) is 17.2 Å². The smallest absolute Gasteiger partial charge is 0.206 e. The second kappa shape index (κ2) is 16.8. The van der Waals surface area contributed by atoms with Crippen LogP contribution >= 0.6 is 0 Å². The Morgan fingerprint density at radius 1 is 0.453 bits per heavy atom. The van der Waals surface area contributed by atoms with Crippen molar-refractivity contribution in [3.63, 3.8) is 0 Å². The molecule has 4 unspecified atom stereocenters. The topological polar surface area (TPSA) is 148 Å². The maximum atomic E-state index is 6.95. The maximum absolute atomic E-state index is 6.95. The molecule has 0 radical (unpaired) electrons. The fourth-order valence-corrected chi connectivity index (χ4v) is 7.30. The maximum Gasteiger partial charge on any atom is 0.206 e. The van der Waals surface area contributed by atoms with Gasteiger partial charge in [0.15, 0.2) is 52.3 Å². The van der Waals surface area contributed by atoms with Crippen LogP contribution in [0.2, 0.25) is 0 Å². The largest absolute Gasteiger partial charge is 0.471 e. The van der Waals surface area contributed by atoms with Gasteiger partial charge in [-0.25, -0.2) is 29.9 Å². The van der Waals surface area contributed by atoms with Gasteiger partial charge in [-0.2, -0.15) is 0 Å². The monoisotopic (exact) mass is 862 g/mol. The van der Waals surface area contributed by atoms with E-state index in [1.165, 1.54) is 0 Å². The Bertz CT molecular complexity index is 3090. The molecular weight excluding hydrogens is 809 g/mol. The van der Waals surface area contributed by atoms with Crippen molar-refractivity contribution in [3.05, 3.63) is 78.9 Å². The molecule has 4 atom stereocenters.